The molecule has 4 N–H and O–H groups in total. The Balaban J connectivity index is 1.49. The fourth-order valence-electron chi connectivity index (χ4n) is 4.55. The van der Waals surface area contributed by atoms with Crippen LogP contribution >= 0.6 is 0 Å². The number of aliphatic hydroxyl groups excluding tert-OH is 1. The van der Waals surface area contributed by atoms with Gasteiger partial charge in [0.1, 0.15) is 11.3 Å². The first-order chi connectivity index (χ1) is 15.2. The van der Waals surface area contributed by atoms with Crippen LogP contribution in [0.5, 0.6) is 0 Å². The summed E-state index contributed by atoms with van der Waals surface area (Å²) in [6, 6.07) is 7.08. The van der Waals surface area contributed by atoms with Crippen molar-refractivity contribution in [1.29, 1.82) is 0 Å². The predicted octanol–water partition coefficient (Wildman–Crippen LogP) is 3.35. The number of anilines is 3. The van der Waals surface area contributed by atoms with Crippen LogP contribution in [0.3, 0.4) is 0 Å². The van der Waals surface area contributed by atoms with Gasteiger partial charge < -0.3 is 21.1 Å². The lowest BCUT2D eigenvalue weighted by Gasteiger charge is -2.27. The van der Waals surface area contributed by atoms with Gasteiger partial charge >= 0.3 is 0 Å². The summed E-state index contributed by atoms with van der Waals surface area (Å²) in [5.41, 5.74) is 1.82. The summed E-state index contributed by atoms with van der Waals surface area (Å²) < 4.78 is 16.4. The number of imidazole rings is 1. The summed E-state index contributed by atoms with van der Waals surface area (Å²) in [5.74, 6) is 0.833. The Morgan fingerprint density at radius 1 is 1.03 bits per heavy atom. The molecule has 1 saturated carbocycles. The van der Waals surface area contributed by atoms with Gasteiger partial charge in [-0.3, -0.25) is 4.57 Å². The van der Waals surface area contributed by atoms with Gasteiger partial charge in [-0.1, -0.05) is 12.1 Å². The molecule has 1 aliphatic carbocycles. The minimum absolute atomic E-state index is 0.199. The highest BCUT2D eigenvalue weighted by molar-refractivity contribution is 5.76. The third-order valence-electron chi connectivity index (χ3n) is 6.26. The number of rotatable bonds is 5. The molecule has 5 rings (SSSR count). The molecule has 1 aliphatic heterocycles. The molecule has 3 aromatic rings. The number of fused-ring (bicyclic) bond motifs is 1. The Bertz CT molecular complexity index is 1040. The van der Waals surface area contributed by atoms with Crippen molar-refractivity contribution in [3.63, 3.8) is 0 Å². The molecule has 0 amide bonds. The highest BCUT2D eigenvalue weighted by atomic mass is 19.1. The normalized spacial score (nSPS) is 22.5. The SMILES string of the molecule is O[C@H]1CC[C@H](Nc2ncc3nc(Nc4ccccc4F)n(C4CCNCC4)c3n2)CC1. The molecule has 1 saturated heterocycles. The number of halogens is 1. The summed E-state index contributed by atoms with van der Waals surface area (Å²) in [6.45, 7) is 1.84. The van der Waals surface area contributed by atoms with Crippen LogP contribution < -0.4 is 16.0 Å². The van der Waals surface area contributed by atoms with Gasteiger partial charge in [-0.05, 0) is 63.7 Å². The summed E-state index contributed by atoms with van der Waals surface area (Å²) in [4.78, 5) is 14.0. The molecule has 0 bridgehead atoms. The van der Waals surface area contributed by atoms with Crippen molar-refractivity contribution in [3.05, 3.63) is 36.3 Å². The first kappa shape index (κ1) is 20.1. The number of hydrogen-bond acceptors (Lipinski definition) is 7. The molecule has 3 heterocycles. The molecule has 164 valence electrons. The lowest BCUT2D eigenvalue weighted by Crippen LogP contribution is -2.30. The van der Waals surface area contributed by atoms with E-state index >= 15 is 0 Å². The Kier molecular flexibility index (Phi) is 5.69. The van der Waals surface area contributed by atoms with E-state index in [1.807, 2.05) is 0 Å². The number of nitrogens with one attached hydrogen (secondary N) is 3. The van der Waals surface area contributed by atoms with Crippen molar-refractivity contribution in [2.75, 3.05) is 23.7 Å². The fourth-order valence-corrected chi connectivity index (χ4v) is 4.55. The van der Waals surface area contributed by atoms with Crippen LogP contribution in [0.4, 0.5) is 22.0 Å². The number of nitrogens with zero attached hydrogens (tertiary/aromatic N) is 4. The largest absolute Gasteiger partial charge is 0.393 e. The summed E-state index contributed by atoms with van der Waals surface area (Å²) in [6.07, 6.45) is 6.82. The molecular formula is C22H28FN7O. The lowest BCUT2D eigenvalue weighted by molar-refractivity contribution is 0.126. The van der Waals surface area contributed by atoms with Crippen molar-refractivity contribution in [2.24, 2.45) is 0 Å². The first-order valence-corrected chi connectivity index (χ1v) is 11.1. The number of hydrogen-bond donors (Lipinski definition) is 4. The second-order valence-corrected chi connectivity index (χ2v) is 8.44. The molecule has 0 spiro atoms. The maximum absolute atomic E-state index is 14.3. The van der Waals surface area contributed by atoms with Gasteiger partial charge in [0, 0.05) is 12.1 Å². The molecule has 1 aromatic carbocycles. The zero-order chi connectivity index (χ0) is 21.2. The van der Waals surface area contributed by atoms with Crippen molar-refractivity contribution >= 4 is 28.7 Å². The molecule has 9 heteroatoms. The van der Waals surface area contributed by atoms with Crippen molar-refractivity contribution in [1.82, 2.24) is 24.8 Å². The molecular weight excluding hydrogens is 397 g/mol. The Morgan fingerprint density at radius 2 is 1.81 bits per heavy atom. The molecule has 0 unspecified atom stereocenters. The summed E-state index contributed by atoms with van der Waals surface area (Å²) in [7, 11) is 0. The number of piperidine rings is 1. The minimum atomic E-state index is -0.320. The average Bonchev–Trinajstić information content (AvgIpc) is 3.15. The van der Waals surface area contributed by atoms with Gasteiger partial charge in [0.15, 0.2) is 5.65 Å². The van der Waals surface area contributed by atoms with Crippen LogP contribution in [0, 0.1) is 5.82 Å². The second-order valence-electron chi connectivity index (χ2n) is 8.44. The third kappa shape index (κ3) is 4.33. The van der Waals surface area contributed by atoms with Crippen LogP contribution in [0.1, 0.15) is 44.6 Å². The van der Waals surface area contributed by atoms with Gasteiger partial charge in [0.25, 0.3) is 0 Å². The monoisotopic (exact) mass is 425 g/mol. The number of para-hydroxylation sites is 1. The topological polar surface area (TPSA) is 99.9 Å². The highest BCUT2D eigenvalue weighted by Gasteiger charge is 2.24. The van der Waals surface area contributed by atoms with Gasteiger partial charge in [0.05, 0.1) is 18.0 Å². The zero-order valence-electron chi connectivity index (χ0n) is 17.4. The molecule has 8 nitrogen and oxygen atoms in total. The van der Waals surface area contributed by atoms with Gasteiger partial charge in [-0.15, -0.1) is 0 Å². The van der Waals surface area contributed by atoms with Crippen molar-refractivity contribution in [3.8, 4) is 0 Å². The Hall–Kier alpha value is -2.78. The maximum atomic E-state index is 14.3. The van der Waals surface area contributed by atoms with E-state index in [1.165, 1.54) is 6.07 Å². The van der Waals surface area contributed by atoms with Crippen LogP contribution in [0.2, 0.25) is 0 Å². The van der Waals surface area contributed by atoms with E-state index in [1.54, 1.807) is 24.4 Å². The van der Waals surface area contributed by atoms with Crippen molar-refractivity contribution < 1.29 is 9.50 Å². The summed E-state index contributed by atoms with van der Waals surface area (Å²) >= 11 is 0. The van der Waals surface area contributed by atoms with E-state index in [9.17, 15) is 9.50 Å². The van der Waals surface area contributed by atoms with E-state index < -0.39 is 0 Å². The fraction of sp³-hybridized carbons (Fsp3) is 0.500. The molecule has 0 radical (unpaired) electrons. The molecule has 2 fully saturated rings. The zero-order valence-corrected chi connectivity index (χ0v) is 17.4. The number of aliphatic hydroxyl groups is 1. The van der Waals surface area contributed by atoms with Crippen LogP contribution in [0.15, 0.2) is 30.5 Å². The van der Waals surface area contributed by atoms with Gasteiger partial charge in [-0.2, -0.15) is 4.98 Å². The predicted molar refractivity (Wildman–Crippen MR) is 118 cm³/mol. The van der Waals surface area contributed by atoms with Gasteiger partial charge in [0.2, 0.25) is 11.9 Å². The Labute approximate surface area is 180 Å². The van der Waals surface area contributed by atoms with E-state index in [2.05, 4.69) is 25.5 Å². The standard InChI is InChI=1S/C22H28FN7O/c23-17-3-1-2-4-18(17)27-22-28-19-13-25-21(26-14-5-7-16(31)8-6-14)29-20(19)30(22)15-9-11-24-12-10-15/h1-4,13-16,24,31H,5-12H2,(H,27,28)(H,25,26,29)/t14-,16-. The van der Waals surface area contributed by atoms with E-state index in [-0.39, 0.29) is 24.0 Å². The molecule has 2 aromatic heterocycles. The van der Waals surface area contributed by atoms with Gasteiger partial charge in [-0.25, -0.2) is 14.4 Å². The lowest BCUT2D eigenvalue weighted by atomic mass is 9.93. The number of aromatic nitrogens is 4. The van der Waals surface area contributed by atoms with E-state index in [0.29, 0.717) is 23.1 Å². The average molecular weight is 426 g/mol. The minimum Gasteiger partial charge on any atom is -0.393 e. The van der Waals surface area contributed by atoms with E-state index in [4.69, 9.17) is 9.97 Å². The van der Waals surface area contributed by atoms with Crippen LogP contribution in [-0.2, 0) is 0 Å². The highest BCUT2D eigenvalue weighted by Crippen LogP contribution is 2.31. The summed E-state index contributed by atoms with van der Waals surface area (Å²) in [5, 5.41) is 19.7. The molecule has 0 atom stereocenters. The first-order valence-electron chi connectivity index (χ1n) is 11.1. The maximum Gasteiger partial charge on any atom is 0.224 e. The van der Waals surface area contributed by atoms with Crippen LogP contribution in [0.25, 0.3) is 11.2 Å². The van der Waals surface area contributed by atoms with Crippen LogP contribution in [-0.4, -0.2) is 49.9 Å². The molecule has 31 heavy (non-hydrogen) atoms. The second kappa shape index (κ2) is 8.76. The van der Waals surface area contributed by atoms with Crippen molar-refractivity contribution in [2.45, 2.75) is 56.7 Å². The number of benzene rings is 1. The molecule has 2 aliphatic rings. The Morgan fingerprint density at radius 3 is 2.58 bits per heavy atom. The third-order valence-corrected chi connectivity index (χ3v) is 6.26. The smallest absolute Gasteiger partial charge is 0.224 e. The van der Waals surface area contributed by atoms with E-state index in [0.717, 1.165) is 57.3 Å². The quantitative estimate of drug-likeness (QED) is 0.497.